The van der Waals surface area contributed by atoms with Gasteiger partial charge in [0.15, 0.2) is 0 Å². The molecule has 2 saturated heterocycles. The monoisotopic (exact) mass is 300 g/mol. The van der Waals surface area contributed by atoms with E-state index in [0.29, 0.717) is 11.8 Å². The Kier molecular flexibility index (Phi) is 6.16. The van der Waals surface area contributed by atoms with E-state index < -0.39 is 0 Å². The first-order valence-corrected chi connectivity index (χ1v) is 8.37. The van der Waals surface area contributed by atoms with Crippen LogP contribution in [0.1, 0.15) is 57.8 Å². The number of carbonyl (C=O) groups is 1. The zero-order valence-corrected chi connectivity index (χ0v) is 13.3. The number of piperidine rings is 1. The molecule has 0 aromatic heterocycles. The first-order valence-electron chi connectivity index (χ1n) is 8.37. The van der Waals surface area contributed by atoms with E-state index in [-0.39, 0.29) is 12.4 Å². The van der Waals surface area contributed by atoms with Gasteiger partial charge in [-0.2, -0.15) is 0 Å². The van der Waals surface area contributed by atoms with Crippen LogP contribution in [0.15, 0.2) is 0 Å². The standard InChI is InChI=1S/C16H28N2O.ClH/c19-16(14-5-2-1-3-6-14)18-11-8-13(9-12-18)15-7-4-10-17-15;/h13-15,17H,1-12H2;1H. The lowest BCUT2D eigenvalue weighted by Gasteiger charge is -2.37. The molecule has 4 heteroatoms. The van der Waals surface area contributed by atoms with Crippen molar-refractivity contribution in [1.82, 2.24) is 10.2 Å². The summed E-state index contributed by atoms with van der Waals surface area (Å²) in [6.45, 7) is 3.22. The molecule has 0 aromatic rings. The van der Waals surface area contributed by atoms with Gasteiger partial charge in [-0.05, 0) is 51.0 Å². The van der Waals surface area contributed by atoms with Crippen LogP contribution in [0, 0.1) is 11.8 Å². The molecule has 1 N–H and O–H groups in total. The second kappa shape index (κ2) is 7.65. The van der Waals surface area contributed by atoms with Crippen molar-refractivity contribution in [2.45, 2.75) is 63.8 Å². The minimum Gasteiger partial charge on any atom is -0.342 e. The van der Waals surface area contributed by atoms with Crippen molar-refractivity contribution in [2.75, 3.05) is 19.6 Å². The molecule has 2 aliphatic heterocycles. The number of rotatable bonds is 2. The number of likely N-dealkylation sites (tertiary alicyclic amines) is 1. The third kappa shape index (κ3) is 3.67. The van der Waals surface area contributed by atoms with Gasteiger partial charge in [-0.25, -0.2) is 0 Å². The molecule has 3 nitrogen and oxygen atoms in total. The van der Waals surface area contributed by atoms with E-state index in [0.717, 1.165) is 37.9 Å². The summed E-state index contributed by atoms with van der Waals surface area (Å²) < 4.78 is 0. The number of hydrogen-bond acceptors (Lipinski definition) is 2. The predicted octanol–water partition coefficient (Wildman–Crippen LogP) is 2.98. The Morgan fingerprint density at radius 2 is 1.60 bits per heavy atom. The maximum atomic E-state index is 12.5. The van der Waals surface area contributed by atoms with Gasteiger partial charge in [0.05, 0.1) is 0 Å². The van der Waals surface area contributed by atoms with E-state index in [9.17, 15) is 4.79 Å². The van der Waals surface area contributed by atoms with Gasteiger partial charge in [0.25, 0.3) is 0 Å². The van der Waals surface area contributed by atoms with Gasteiger partial charge in [-0.1, -0.05) is 19.3 Å². The van der Waals surface area contributed by atoms with Crippen molar-refractivity contribution in [3.05, 3.63) is 0 Å². The molecule has 3 fully saturated rings. The molecule has 0 bridgehead atoms. The van der Waals surface area contributed by atoms with Crippen LogP contribution >= 0.6 is 12.4 Å². The first-order chi connectivity index (χ1) is 9.34. The molecule has 1 aliphatic carbocycles. The Labute approximate surface area is 129 Å². The zero-order valence-electron chi connectivity index (χ0n) is 12.5. The molecule has 2 heterocycles. The number of hydrogen-bond donors (Lipinski definition) is 1. The fraction of sp³-hybridized carbons (Fsp3) is 0.938. The fourth-order valence-electron chi connectivity index (χ4n) is 4.24. The lowest BCUT2D eigenvalue weighted by atomic mass is 9.85. The number of nitrogens with zero attached hydrogens (tertiary/aromatic N) is 1. The van der Waals surface area contributed by atoms with Crippen LogP contribution < -0.4 is 5.32 Å². The van der Waals surface area contributed by atoms with Gasteiger partial charge in [-0.3, -0.25) is 4.79 Å². The second-order valence-electron chi connectivity index (χ2n) is 6.70. The Morgan fingerprint density at radius 3 is 2.20 bits per heavy atom. The van der Waals surface area contributed by atoms with Crippen molar-refractivity contribution >= 4 is 18.3 Å². The number of halogens is 1. The quantitative estimate of drug-likeness (QED) is 0.850. The van der Waals surface area contributed by atoms with Crippen LogP contribution in [-0.2, 0) is 4.79 Å². The highest BCUT2D eigenvalue weighted by atomic mass is 35.5. The smallest absolute Gasteiger partial charge is 0.225 e. The minimum absolute atomic E-state index is 0. The average Bonchev–Trinajstić information content (AvgIpc) is 3.02. The molecule has 0 spiro atoms. The molecule has 0 aromatic carbocycles. The van der Waals surface area contributed by atoms with Crippen LogP contribution in [0.25, 0.3) is 0 Å². The average molecular weight is 301 g/mol. The van der Waals surface area contributed by atoms with Crippen molar-refractivity contribution in [3.63, 3.8) is 0 Å². The Morgan fingerprint density at radius 1 is 0.900 bits per heavy atom. The van der Waals surface area contributed by atoms with E-state index in [2.05, 4.69) is 10.2 Å². The van der Waals surface area contributed by atoms with Crippen LogP contribution in [-0.4, -0.2) is 36.5 Å². The summed E-state index contributed by atoms with van der Waals surface area (Å²) in [5.41, 5.74) is 0. The summed E-state index contributed by atoms with van der Waals surface area (Å²) >= 11 is 0. The van der Waals surface area contributed by atoms with E-state index >= 15 is 0 Å². The summed E-state index contributed by atoms with van der Waals surface area (Å²) in [4.78, 5) is 14.7. The molecule has 3 rings (SSSR count). The Balaban J connectivity index is 0.00000147. The van der Waals surface area contributed by atoms with Crippen LogP contribution in [0.4, 0.5) is 0 Å². The third-order valence-corrected chi connectivity index (χ3v) is 5.47. The SMILES string of the molecule is Cl.O=C(C1CCCCC1)N1CCC(C2CCCN2)CC1. The van der Waals surface area contributed by atoms with Gasteiger partial charge in [0.1, 0.15) is 0 Å². The van der Waals surface area contributed by atoms with Crippen LogP contribution in [0.5, 0.6) is 0 Å². The van der Waals surface area contributed by atoms with Crippen molar-refractivity contribution < 1.29 is 4.79 Å². The van der Waals surface area contributed by atoms with Crippen molar-refractivity contribution in [1.29, 1.82) is 0 Å². The number of amides is 1. The normalized spacial score (nSPS) is 29.2. The van der Waals surface area contributed by atoms with Crippen LogP contribution in [0.2, 0.25) is 0 Å². The van der Waals surface area contributed by atoms with E-state index in [4.69, 9.17) is 0 Å². The number of carbonyl (C=O) groups excluding carboxylic acids is 1. The second-order valence-corrected chi connectivity index (χ2v) is 6.70. The fourth-order valence-corrected chi connectivity index (χ4v) is 4.24. The highest BCUT2D eigenvalue weighted by Gasteiger charge is 2.32. The molecule has 1 atom stereocenters. The van der Waals surface area contributed by atoms with Gasteiger partial charge in [-0.15, -0.1) is 12.4 Å². The summed E-state index contributed by atoms with van der Waals surface area (Å²) in [5, 5.41) is 3.63. The zero-order chi connectivity index (χ0) is 13.1. The molecule has 1 unspecified atom stereocenters. The first kappa shape index (κ1) is 16.1. The molecule has 116 valence electrons. The third-order valence-electron chi connectivity index (χ3n) is 5.47. The van der Waals surface area contributed by atoms with E-state index in [1.54, 1.807) is 0 Å². The summed E-state index contributed by atoms with van der Waals surface area (Å²) in [6.07, 6.45) is 11.3. The molecule has 3 aliphatic rings. The van der Waals surface area contributed by atoms with Crippen LogP contribution in [0.3, 0.4) is 0 Å². The largest absolute Gasteiger partial charge is 0.342 e. The maximum absolute atomic E-state index is 12.5. The molecule has 0 radical (unpaired) electrons. The Bertz CT molecular complexity index is 304. The summed E-state index contributed by atoms with van der Waals surface area (Å²) in [7, 11) is 0. The molecular formula is C16H29ClN2O. The summed E-state index contributed by atoms with van der Waals surface area (Å²) in [5.74, 6) is 1.64. The molecule has 20 heavy (non-hydrogen) atoms. The van der Waals surface area contributed by atoms with Gasteiger partial charge < -0.3 is 10.2 Å². The van der Waals surface area contributed by atoms with Crippen molar-refractivity contribution in [3.8, 4) is 0 Å². The van der Waals surface area contributed by atoms with Gasteiger partial charge in [0.2, 0.25) is 5.91 Å². The van der Waals surface area contributed by atoms with Crippen molar-refractivity contribution in [2.24, 2.45) is 11.8 Å². The van der Waals surface area contributed by atoms with E-state index in [1.807, 2.05) is 0 Å². The minimum atomic E-state index is 0. The molecule has 1 amide bonds. The lowest BCUT2D eigenvalue weighted by molar-refractivity contribution is -0.138. The topological polar surface area (TPSA) is 32.3 Å². The molecular weight excluding hydrogens is 272 g/mol. The summed E-state index contributed by atoms with van der Waals surface area (Å²) in [6, 6.07) is 0.743. The highest BCUT2D eigenvalue weighted by molar-refractivity contribution is 5.85. The highest BCUT2D eigenvalue weighted by Crippen LogP contribution is 2.29. The van der Waals surface area contributed by atoms with Gasteiger partial charge >= 0.3 is 0 Å². The van der Waals surface area contributed by atoms with Gasteiger partial charge in [0, 0.05) is 25.0 Å². The molecule has 1 saturated carbocycles. The predicted molar refractivity (Wildman–Crippen MR) is 84.2 cm³/mol. The maximum Gasteiger partial charge on any atom is 0.225 e. The number of nitrogens with one attached hydrogen (secondary N) is 1. The lowest BCUT2D eigenvalue weighted by Crippen LogP contribution is -2.45. The van der Waals surface area contributed by atoms with E-state index in [1.165, 1.54) is 51.5 Å². The Hall–Kier alpha value is -0.280.